The number of para-hydroxylation sites is 6. The van der Waals surface area contributed by atoms with Gasteiger partial charge in [0.2, 0.25) is 0 Å². The highest BCUT2D eigenvalue weighted by molar-refractivity contribution is 6.21. The number of fused-ring (bicyclic) bond motifs is 25. The van der Waals surface area contributed by atoms with E-state index in [0.717, 1.165) is 144 Å². The molecule has 2 aliphatic rings. The van der Waals surface area contributed by atoms with Gasteiger partial charge in [0.15, 0.2) is 11.2 Å². The van der Waals surface area contributed by atoms with Gasteiger partial charge in [0.1, 0.15) is 22.7 Å². The molecular weight excluding hydrogens is 1000 g/mol. The molecular formula is C77H46N2O3. The summed E-state index contributed by atoms with van der Waals surface area (Å²) >= 11 is 0. The Kier molecular flexibility index (Phi) is 9.37. The van der Waals surface area contributed by atoms with Crippen molar-refractivity contribution in [3.05, 3.63) is 301 Å². The van der Waals surface area contributed by atoms with E-state index in [1.165, 1.54) is 22.3 Å². The Balaban J connectivity index is 0.932. The number of nitrogens with zero attached hydrogens (tertiary/aromatic N) is 2. The number of hydrogen-bond donors (Lipinski definition) is 0. The van der Waals surface area contributed by atoms with Crippen LogP contribution in [0, 0.1) is 0 Å². The summed E-state index contributed by atoms with van der Waals surface area (Å²) < 4.78 is 21.6. The summed E-state index contributed by atoms with van der Waals surface area (Å²) in [7, 11) is 0. The third-order valence-corrected chi connectivity index (χ3v) is 17.6. The molecule has 3 heterocycles. The molecule has 5 heteroatoms. The SMILES string of the molecule is c1ccc(N(c2ccc3c4c(c5ccccc5c3c2)C2(c3ccccc3-c3ccccc32)c2c(c3ccc(N(c5ccccc5)c5cccc6c5oc5ccccc56)cc3c3ccccc23)O4)c2cccc3c2oc2ccccc23)cc1. The zero-order valence-corrected chi connectivity index (χ0v) is 44.2. The smallest absolute Gasteiger partial charge is 0.159 e. The molecule has 1 spiro atoms. The third-order valence-electron chi connectivity index (χ3n) is 17.6. The molecule has 0 saturated carbocycles. The number of anilines is 6. The highest BCUT2D eigenvalue weighted by atomic mass is 16.5. The standard InChI is InChI=1S/C77H46N2O3/c1-3-21-47(22-4-1)78(67-37-19-33-59-55-29-13-17-39-69(55)80-73(59)67)49-41-43-61-63(45-49)51-25-7-9-31-57(51)71-75(61)82-76-62-44-42-50(79(48-23-5-2-6-24-48)68-38-20-34-60-56-30-14-18-40-70(56)81-74(60)68)46-64(62)52-26-8-10-32-58(52)72(76)77(71)65-35-15-11-27-53(65)54-28-12-16-36-66(54)77/h1-46H. The average molecular weight is 1050 g/mol. The Morgan fingerprint density at radius 2 is 0.634 bits per heavy atom. The van der Waals surface area contributed by atoms with E-state index in [4.69, 9.17) is 13.6 Å². The van der Waals surface area contributed by atoms with Gasteiger partial charge in [0.05, 0.1) is 16.8 Å². The molecule has 1 aliphatic heterocycles. The summed E-state index contributed by atoms with van der Waals surface area (Å²) in [5.41, 5.74) is 15.8. The molecule has 0 fully saturated rings. The summed E-state index contributed by atoms with van der Waals surface area (Å²) in [6.45, 7) is 0. The second-order valence-electron chi connectivity index (χ2n) is 21.7. The summed E-state index contributed by atoms with van der Waals surface area (Å²) in [5.74, 6) is 1.71. The summed E-state index contributed by atoms with van der Waals surface area (Å²) in [6.07, 6.45) is 0. The minimum absolute atomic E-state index is 0.797. The van der Waals surface area contributed by atoms with Gasteiger partial charge >= 0.3 is 0 Å². The van der Waals surface area contributed by atoms with Crippen molar-refractivity contribution in [1.82, 2.24) is 0 Å². The van der Waals surface area contributed by atoms with Crippen LogP contribution in [0.1, 0.15) is 22.3 Å². The first kappa shape index (κ1) is 45.0. The van der Waals surface area contributed by atoms with Gasteiger partial charge in [-0.05, 0) is 140 Å². The number of benzene rings is 14. The van der Waals surface area contributed by atoms with E-state index in [9.17, 15) is 0 Å². The Labute approximate surface area is 471 Å². The number of rotatable bonds is 6. The third kappa shape index (κ3) is 6.11. The van der Waals surface area contributed by atoms with Gasteiger partial charge in [-0.25, -0.2) is 0 Å². The molecule has 14 aromatic carbocycles. The minimum atomic E-state index is -0.797. The lowest BCUT2D eigenvalue weighted by molar-refractivity contribution is 0.451. The van der Waals surface area contributed by atoms with Crippen molar-refractivity contribution in [1.29, 1.82) is 0 Å². The van der Waals surface area contributed by atoms with Gasteiger partial charge in [-0.15, -0.1) is 0 Å². The molecule has 0 unspecified atom stereocenters. The van der Waals surface area contributed by atoms with Crippen molar-refractivity contribution >= 4 is 121 Å². The Bertz CT molecular complexity index is 5010. The molecule has 0 saturated heterocycles. The van der Waals surface area contributed by atoms with Gasteiger partial charge in [0, 0.05) is 66.2 Å². The first-order chi connectivity index (χ1) is 40.7. The second-order valence-corrected chi connectivity index (χ2v) is 21.7. The topological polar surface area (TPSA) is 42.0 Å². The minimum Gasteiger partial charge on any atom is -0.455 e. The van der Waals surface area contributed by atoms with Crippen LogP contribution in [0.5, 0.6) is 11.5 Å². The van der Waals surface area contributed by atoms with E-state index in [0.29, 0.717) is 0 Å². The first-order valence-electron chi connectivity index (χ1n) is 28.1. The van der Waals surface area contributed by atoms with Gasteiger partial charge in [-0.3, -0.25) is 0 Å². The maximum absolute atomic E-state index is 8.00. The van der Waals surface area contributed by atoms with Gasteiger partial charge in [-0.1, -0.05) is 194 Å². The highest BCUT2D eigenvalue weighted by Gasteiger charge is 2.53. The summed E-state index contributed by atoms with van der Waals surface area (Å²) in [4.78, 5) is 4.67. The molecule has 0 amide bonds. The van der Waals surface area contributed by atoms with E-state index < -0.39 is 5.41 Å². The Hall–Kier alpha value is -10.9. The van der Waals surface area contributed by atoms with E-state index in [1.54, 1.807) is 0 Å². The molecule has 18 rings (SSSR count). The van der Waals surface area contributed by atoms with Crippen LogP contribution in [0.4, 0.5) is 34.1 Å². The highest BCUT2D eigenvalue weighted by Crippen LogP contribution is 2.67. The molecule has 0 atom stereocenters. The van der Waals surface area contributed by atoms with Crippen LogP contribution >= 0.6 is 0 Å². The van der Waals surface area contributed by atoms with Crippen LogP contribution in [0.15, 0.2) is 288 Å². The van der Waals surface area contributed by atoms with Crippen molar-refractivity contribution in [3.63, 3.8) is 0 Å². The van der Waals surface area contributed by atoms with Crippen LogP contribution in [0.25, 0.3) is 98.1 Å². The van der Waals surface area contributed by atoms with Crippen molar-refractivity contribution < 1.29 is 13.6 Å². The van der Waals surface area contributed by atoms with E-state index in [-0.39, 0.29) is 0 Å². The molecule has 82 heavy (non-hydrogen) atoms. The molecule has 0 N–H and O–H groups in total. The van der Waals surface area contributed by atoms with Crippen molar-refractivity contribution in [2.24, 2.45) is 0 Å². The monoisotopic (exact) mass is 1050 g/mol. The van der Waals surface area contributed by atoms with Crippen LogP contribution < -0.4 is 14.5 Å². The Morgan fingerprint density at radius 3 is 1.10 bits per heavy atom. The first-order valence-corrected chi connectivity index (χ1v) is 28.1. The maximum atomic E-state index is 8.00. The predicted molar refractivity (Wildman–Crippen MR) is 338 cm³/mol. The normalized spacial score (nSPS) is 13.1. The Morgan fingerprint density at radius 1 is 0.256 bits per heavy atom. The molecule has 382 valence electrons. The van der Waals surface area contributed by atoms with Crippen molar-refractivity contribution in [2.75, 3.05) is 9.80 Å². The fraction of sp³-hybridized carbons (Fsp3) is 0.0130. The van der Waals surface area contributed by atoms with Crippen molar-refractivity contribution in [2.45, 2.75) is 5.41 Å². The maximum Gasteiger partial charge on any atom is 0.159 e. The molecule has 5 nitrogen and oxygen atoms in total. The lowest BCUT2D eigenvalue weighted by atomic mass is 9.63. The van der Waals surface area contributed by atoms with E-state index in [1.807, 2.05) is 12.1 Å². The van der Waals surface area contributed by atoms with E-state index in [2.05, 4.69) is 277 Å². The molecule has 16 aromatic rings. The molecule has 0 radical (unpaired) electrons. The number of furan rings is 2. The largest absolute Gasteiger partial charge is 0.455 e. The quantitative estimate of drug-likeness (QED) is 0.155. The fourth-order valence-electron chi connectivity index (χ4n) is 14.4. The zero-order chi connectivity index (χ0) is 53.6. The molecule has 1 aliphatic carbocycles. The zero-order valence-electron chi connectivity index (χ0n) is 44.2. The second kappa shape index (κ2) is 17.1. The van der Waals surface area contributed by atoms with Crippen molar-refractivity contribution in [3.8, 4) is 22.6 Å². The van der Waals surface area contributed by atoms with Crippen LogP contribution in [0.3, 0.4) is 0 Å². The summed E-state index contributed by atoms with van der Waals surface area (Å²) in [6, 6.07) is 101. The lowest BCUT2D eigenvalue weighted by Crippen LogP contribution is -2.33. The van der Waals surface area contributed by atoms with Gasteiger partial charge < -0.3 is 23.4 Å². The number of ether oxygens (including phenoxy) is 1. The lowest BCUT2D eigenvalue weighted by Gasteiger charge is -2.42. The average Bonchev–Trinajstić information content (AvgIpc) is 1.52. The fourth-order valence-corrected chi connectivity index (χ4v) is 14.4. The predicted octanol–water partition coefficient (Wildman–Crippen LogP) is 21.5. The molecule has 0 bridgehead atoms. The van der Waals surface area contributed by atoms with Crippen LogP contribution in [0.2, 0.25) is 0 Å². The number of hydrogen-bond acceptors (Lipinski definition) is 5. The van der Waals surface area contributed by atoms with Crippen LogP contribution in [-0.4, -0.2) is 0 Å². The van der Waals surface area contributed by atoms with E-state index >= 15 is 0 Å². The van der Waals surface area contributed by atoms with Gasteiger partial charge in [-0.2, -0.15) is 0 Å². The molecule has 2 aromatic heterocycles. The van der Waals surface area contributed by atoms with Crippen LogP contribution in [-0.2, 0) is 5.41 Å². The summed E-state index contributed by atoms with van der Waals surface area (Å²) in [5, 5.41) is 13.2. The van der Waals surface area contributed by atoms with Gasteiger partial charge in [0.25, 0.3) is 0 Å².